The Morgan fingerprint density at radius 2 is 2.05 bits per heavy atom. The van der Waals surface area contributed by atoms with E-state index in [0.29, 0.717) is 6.54 Å². The van der Waals surface area contributed by atoms with Gasteiger partial charge in [-0.05, 0) is 24.6 Å². The zero-order valence-corrected chi connectivity index (χ0v) is 10.6. The van der Waals surface area contributed by atoms with E-state index in [0.717, 1.165) is 11.3 Å². The number of benzene rings is 2. The zero-order valence-electron chi connectivity index (χ0n) is 10.6. The fourth-order valence-corrected chi connectivity index (χ4v) is 1.86. The Kier molecular flexibility index (Phi) is 3.66. The molecule has 0 unspecified atom stereocenters. The predicted octanol–water partition coefficient (Wildman–Crippen LogP) is 3.10. The molecule has 98 valence electrons. The topological polar surface area (TPSA) is 81.2 Å². The molecule has 19 heavy (non-hydrogen) atoms. The number of hydrogen-bond donors (Lipinski definition) is 2. The van der Waals surface area contributed by atoms with Crippen LogP contribution in [0, 0.1) is 17.0 Å². The average molecular weight is 257 g/mol. The first-order valence-corrected chi connectivity index (χ1v) is 5.89. The van der Waals surface area contributed by atoms with Crippen LogP contribution >= 0.6 is 0 Å². The number of nitrogens with one attached hydrogen (secondary N) is 1. The van der Waals surface area contributed by atoms with Crippen LogP contribution < -0.4 is 11.1 Å². The largest absolute Gasteiger partial charge is 0.393 e. The SMILES string of the molecule is Cc1cccc(CNc2ccc([N+](=O)[O-])c(N)c2)c1. The molecule has 2 aromatic carbocycles. The Hall–Kier alpha value is -2.56. The lowest BCUT2D eigenvalue weighted by Gasteiger charge is -2.08. The van der Waals surface area contributed by atoms with Crippen LogP contribution in [0.3, 0.4) is 0 Å². The van der Waals surface area contributed by atoms with E-state index >= 15 is 0 Å². The minimum absolute atomic E-state index is 0.0684. The van der Waals surface area contributed by atoms with Crippen molar-refractivity contribution in [1.29, 1.82) is 0 Å². The van der Waals surface area contributed by atoms with Crippen molar-refractivity contribution in [2.24, 2.45) is 0 Å². The highest BCUT2D eigenvalue weighted by Gasteiger charge is 2.10. The summed E-state index contributed by atoms with van der Waals surface area (Å²) in [4.78, 5) is 10.2. The lowest BCUT2D eigenvalue weighted by Crippen LogP contribution is -2.01. The van der Waals surface area contributed by atoms with Crippen LogP contribution in [0.4, 0.5) is 17.1 Å². The number of hydrogen-bond acceptors (Lipinski definition) is 4. The fraction of sp³-hybridized carbons (Fsp3) is 0.143. The van der Waals surface area contributed by atoms with E-state index in [9.17, 15) is 10.1 Å². The predicted molar refractivity (Wildman–Crippen MR) is 76.0 cm³/mol. The van der Waals surface area contributed by atoms with Gasteiger partial charge in [-0.15, -0.1) is 0 Å². The number of nitro benzene ring substituents is 1. The number of nitrogen functional groups attached to an aromatic ring is 1. The molecule has 0 fully saturated rings. The summed E-state index contributed by atoms with van der Waals surface area (Å²) in [5.41, 5.74) is 8.85. The van der Waals surface area contributed by atoms with E-state index in [2.05, 4.69) is 11.4 Å². The van der Waals surface area contributed by atoms with Crippen molar-refractivity contribution in [2.45, 2.75) is 13.5 Å². The van der Waals surface area contributed by atoms with Gasteiger partial charge in [0.05, 0.1) is 4.92 Å². The molecule has 0 atom stereocenters. The van der Waals surface area contributed by atoms with Crippen LogP contribution in [0.2, 0.25) is 0 Å². The first kappa shape index (κ1) is 12.9. The quantitative estimate of drug-likeness (QED) is 0.501. The van der Waals surface area contributed by atoms with E-state index < -0.39 is 4.92 Å². The molecular formula is C14H15N3O2. The number of nitrogens with zero attached hydrogens (tertiary/aromatic N) is 1. The molecule has 0 saturated carbocycles. The van der Waals surface area contributed by atoms with Gasteiger partial charge in [0.25, 0.3) is 5.69 Å². The van der Waals surface area contributed by atoms with Gasteiger partial charge in [0.2, 0.25) is 0 Å². The maximum atomic E-state index is 10.7. The van der Waals surface area contributed by atoms with Gasteiger partial charge in [-0.2, -0.15) is 0 Å². The van der Waals surface area contributed by atoms with E-state index in [1.807, 2.05) is 25.1 Å². The summed E-state index contributed by atoms with van der Waals surface area (Å²) in [5.74, 6) is 0. The van der Waals surface area contributed by atoms with E-state index in [4.69, 9.17) is 5.73 Å². The van der Waals surface area contributed by atoms with Crippen LogP contribution in [0.5, 0.6) is 0 Å². The lowest BCUT2D eigenvalue weighted by molar-refractivity contribution is -0.383. The molecule has 0 heterocycles. The molecule has 0 aliphatic heterocycles. The van der Waals surface area contributed by atoms with Crippen molar-refractivity contribution in [1.82, 2.24) is 0 Å². The van der Waals surface area contributed by atoms with Gasteiger partial charge in [0.15, 0.2) is 0 Å². The van der Waals surface area contributed by atoms with Crippen molar-refractivity contribution in [3.8, 4) is 0 Å². The number of nitrogens with two attached hydrogens (primary N) is 1. The van der Waals surface area contributed by atoms with Crippen LogP contribution in [-0.2, 0) is 6.54 Å². The van der Waals surface area contributed by atoms with E-state index in [-0.39, 0.29) is 11.4 Å². The maximum Gasteiger partial charge on any atom is 0.292 e. The Morgan fingerprint density at radius 1 is 1.26 bits per heavy atom. The molecule has 5 heteroatoms. The standard InChI is InChI=1S/C14H15N3O2/c1-10-3-2-4-11(7-10)9-16-12-5-6-14(17(18)19)13(15)8-12/h2-8,16H,9,15H2,1H3. The average Bonchev–Trinajstić information content (AvgIpc) is 2.36. The summed E-state index contributed by atoms with van der Waals surface area (Å²) in [7, 11) is 0. The summed E-state index contributed by atoms with van der Waals surface area (Å²) in [6.45, 7) is 2.69. The van der Waals surface area contributed by atoms with Gasteiger partial charge in [0.1, 0.15) is 5.69 Å². The normalized spacial score (nSPS) is 10.2. The van der Waals surface area contributed by atoms with Gasteiger partial charge >= 0.3 is 0 Å². The Bertz CT molecular complexity index is 611. The molecule has 3 N–H and O–H groups in total. The molecule has 5 nitrogen and oxygen atoms in total. The molecule has 2 aromatic rings. The van der Waals surface area contributed by atoms with Crippen molar-refractivity contribution in [2.75, 3.05) is 11.1 Å². The molecule has 0 aliphatic carbocycles. The molecule has 0 aromatic heterocycles. The zero-order chi connectivity index (χ0) is 13.8. The Balaban J connectivity index is 2.08. The van der Waals surface area contributed by atoms with Gasteiger partial charge in [0, 0.05) is 18.3 Å². The molecule has 2 rings (SSSR count). The lowest BCUT2D eigenvalue weighted by atomic mass is 10.1. The molecule has 0 radical (unpaired) electrons. The van der Waals surface area contributed by atoms with Crippen LogP contribution in [0.15, 0.2) is 42.5 Å². The summed E-state index contributed by atoms with van der Waals surface area (Å²) in [6, 6.07) is 12.8. The molecule has 0 saturated heterocycles. The van der Waals surface area contributed by atoms with E-state index in [1.54, 1.807) is 12.1 Å². The first-order chi connectivity index (χ1) is 9.06. The Labute approximate surface area is 111 Å². The highest BCUT2D eigenvalue weighted by molar-refractivity contribution is 5.65. The van der Waals surface area contributed by atoms with Crippen molar-refractivity contribution < 1.29 is 4.92 Å². The fourth-order valence-electron chi connectivity index (χ4n) is 1.86. The number of nitro groups is 1. The van der Waals surface area contributed by atoms with Crippen LogP contribution in [0.1, 0.15) is 11.1 Å². The molecule has 0 aliphatic rings. The Morgan fingerprint density at radius 3 is 2.68 bits per heavy atom. The number of rotatable bonds is 4. The van der Waals surface area contributed by atoms with Crippen molar-refractivity contribution in [3.63, 3.8) is 0 Å². The van der Waals surface area contributed by atoms with Crippen LogP contribution in [-0.4, -0.2) is 4.92 Å². The highest BCUT2D eigenvalue weighted by Crippen LogP contribution is 2.24. The third-order valence-electron chi connectivity index (χ3n) is 2.80. The molecular weight excluding hydrogens is 242 g/mol. The minimum atomic E-state index is -0.486. The third kappa shape index (κ3) is 3.22. The second-order valence-corrected chi connectivity index (χ2v) is 4.37. The van der Waals surface area contributed by atoms with Gasteiger partial charge < -0.3 is 11.1 Å². The molecule has 0 amide bonds. The van der Waals surface area contributed by atoms with Crippen molar-refractivity contribution >= 4 is 17.1 Å². The molecule has 0 bridgehead atoms. The smallest absolute Gasteiger partial charge is 0.292 e. The second-order valence-electron chi connectivity index (χ2n) is 4.37. The van der Waals surface area contributed by atoms with Crippen LogP contribution in [0.25, 0.3) is 0 Å². The van der Waals surface area contributed by atoms with Crippen molar-refractivity contribution in [3.05, 3.63) is 63.7 Å². The summed E-state index contributed by atoms with van der Waals surface area (Å²) in [6.07, 6.45) is 0. The highest BCUT2D eigenvalue weighted by atomic mass is 16.6. The van der Waals surface area contributed by atoms with Gasteiger partial charge in [-0.1, -0.05) is 29.8 Å². The molecule has 0 spiro atoms. The van der Waals surface area contributed by atoms with E-state index in [1.165, 1.54) is 11.6 Å². The summed E-state index contributed by atoms with van der Waals surface area (Å²) < 4.78 is 0. The van der Waals surface area contributed by atoms with Gasteiger partial charge in [-0.25, -0.2) is 0 Å². The number of aryl methyl sites for hydroxylation is 1. The second kappa shape index (κ2) is 5.39. The van der Waals surface area contributed by atoms with Gasteiger partial charge in [-0.3, -0.25) is 10.1 Å². The summed E-state index contributed by atoms with van der Waals surface area (Å²) >= 11 is 0. The summed E-state index contributed by atoms with van der Waals surface area (Å²) in [5, 5.41) is 13.8. The first-order valence-electron chi connectivity index (χ1n) is 5.89. The maximum absolute atomic E-state index is 10.7. The number of anilines is 2. The third-order valence-corrected chi connectivity index (χ3v) is 2.80. The minimum Gasteiger partial charge on any atom is -0.393 e. The monoisotopic (exact) mass is 257 g/mol.